The molecule has 0 heterocycles. The van der Waals surface area contributed by atoms with E-state index in [0.717, 1.165) is 6.07 Å². The number of benzene rings is 1. The maximum absolute atomic E-state index is 12.5. The molecule has 0 aliphatic heterocycles. The van der Waals surface area contributed by atoms with Crippen molar-refractivity contribution in [3.63, 3.8) is 0 Å². The Morgan fingerprint density at radius 1 is 1.59 bits per heavy atom. The van der Waals surface area contributed by atoms with Gasteiger partial charge >= 0.3 is 5.97 Å². The number of esters is 1. The topological polar surface area (TPSA) is 50.1 Å². The molecule has 0 N–H and O–H groups in total. The Morgan fingerprint density at radius 2 is 2.24 bits per heavy atom. The van der Waals surface area contributed by atoms with Crippen LogP contribution in [0.5, 0.6) is 0 Å². The minimum atomic E-state index is -2.67. The molecule has 0 spiro atoms. The molecule has 0 radical (unpaired) electrons. The van der Waals surface area contributed by atoms with Gasteiger partial charge in [0.2, 0.25) is 0 Å². The quantitative estimate of drug-likeness (QED) is 0.620. The number of halogens is 3. The number of ether oxygens (including phenoxy) is 1. The summed E-state index contributed by atoms with van der Waals surface area (Å²) in [6.07, 6.45) is -2.67. The summed E-state index contributed by atoms with van der Waals surface area (Å²) in [6.45, 7) is 1.79. The van der Waals surface area contributed by atoms with Crippen molar-refractivity contribution in [3.05, 3.63) is 32.4 Å². The fraction of sp³-hybridized carbons (Fsp3) is 0.273. The molecule has 1 rings (SSSR count). The molecule has 0 aliphatic carbocycles. The van der Waals surface area contributed by atoms with Gasteiger partial charge in [0.25, 0.3) is 6.43 Å². The standard InChI is InChI=1S/C11H8F2INO2/c1-2-17-11(16)9-7(5-15)3-6(10(12)13)4-8(9)14/h3-4,10H,2H2,1H3. The van der Waals surface area contributed by atoms with Crippen molar-refractivity contribution < 1.29 is 18.3 Å². The van der Waals surface area contributed by atoms with Crippen LogP contribution >= 0.6 is 22.6 Å². The second kappa shape index (κ2) is 5.91. The van der Waals surface area contributed by atoms with Crippen LogP contribution in [-0.4, -0.2) is 12.6 Å². The molecule has 0 aromatic heterocycles. The number of hydrogen-bond donors (Lipinski definition) is 0. The maximum atomic E-state index is 12.5. The highest BCUT2D eigenvalue weighted by atomic mass is 127. The van der Waals surface area contributed by atoms with Crippen LogP contribution in [0, 0.1) is 14.9 Å². The van der Waals surface area contributed by atoms with Crippen LogP contribution in [0.4, 0.5) is 8.78 Å². The molecular formula is C11H8F2INO2. The average molecular weight is 351 g/mol. The normalized spacial score (nSPS) is 10.1. The lowest BCUT2D eigenvalue weighted by atomic mass is 10.1. The van der Waals surface area contributed by atoms with Gasteiger partial charge in [0, 0.05) is 9.13 Å². The molecule has 0 aliphatic rings. The van der Waals surface area contributed by atoms with E-state index in [4.69, 9.17) is 10.00 Å². The summed E-state index contributed by atoms with van der Waals surface area (Å²) in [5.41, 5.74) is -0.330. The lowest BCUT2D eigenvalue weighted by Gasteiger charge is -2.08. The van der Waals surface area contributed by atoms with Gasteiger partial charge < -0.3 is 4.74 Å². The molecule has 90 valence electrons. The second-order valence-corrected chi connectivity index (χ2v) is 4.22. The Bertz CT molecular complexity index is 483. The highest BCUT2D eigenvalue weighted by Crippen LogP contribution is 2.26. The lowest BCUT2D eigenvalue weighted by molar-refractivity contribution is 0.0524. The third-order valence-corrected chi connectivity index (χ3v) is 2.82. The smallest absolute Gasteiger partial charge is 0.340 e. The number of nitrogens with zero attached hydrogens (tertiary/aromatic N) is 1. The van der Waals surface area contributed by atoms with E-state index >= 15 is 0 Å². The molecule has 17 heavy (non-hydrogen) atoms. The van der Waals surface area contributed by atoms with E-state index < -0.39 is 12.4 Å². The van der Waals surface area contributed by atoms with E-state index in [9.17, 15) is 13.6 Å². The first-order valence-electron chi connectivity index (χ1n) is 4.70. The van der Waals surface area contributed by atoms with Gasteiger partial charge in [0.05, 0.1) is 17.7 Å². The van der Waals surface area contributed by atoms with E-state index in [2.05, 4.69) is 0 Å². The largest absolute Gasteiger partial charge is 0.462 e. The Hall–Kier alpha value is -1.23. The van der Waals surface area contributed by atoms with E-state index in [1.54, 1.807) is 35.6 Å². The highest BCUT2D eigenvalue weighted by molar-refractivity contribution is 14.1. The van der Waals surface area contributed by atoms with Crippen molar-refractivity contribution >= 4 is 28.6 Å². The number of rotatable bonds is 3. The number of nitriles is 1. The number of carbonyl (C=O) groups is 1. The Kier molecular flexibility index (Phi) is 4.81. The summed E-state index contributed by atoms with van der Waals surface area (Å²) in [5.74, 6) is -0.672. The molecule has 0 saturated heterocycles. The van der Waals surface area contributed by atoms with Crippen LogP contribution in [0.1, 0.15) is 34.8 Å². The molecule has 0 amide bonds. The van der Waals surface area contributed by atoms with Crippen LogP contribution in [0.15, 0.2) is 12.1 Å². The predicted molar refractivity (Wildman–Crippen MR) is 64.8 cm³/mol. The van der Waals surface area contributed by atoms with Crippen molar-refractivity contribution in [1.29, 1.82) is 5.26 Å². The van der Waals surface area contributed by atoms with Gasteiger partial charge in [-0.3, -0.25) is 0 Å². The van der Waals surface area contributed by atoms with E-state index in [1.165, 1.54) is 6.07 Å². The van der Waals surface area contributed by atoms with Crippen LogP contribution < -0.4 is 0 Å². The SMILES string of the molecule is CCOC(=O)c1c(I)cc(C(F)F)cc1C#N. The minimum absolute atomic E-state index is 0.0411. The Balaban J connectivity index is 3.32. The third kappa shape index (κ3) is 3.12. The number of carbonyl (C=O) groups excluding carboxylic acids is 1. The first kappa shape index (κ1) is 13.8. The number of hydrogen-bond acceptors (Lipinski definition) is 3. The Labute approximate surface area is 111 Å². The highest BCUT2D eigenvalue weighted by Gasteiger charge is 2.20. The van der Waals surface area contributed by atoms with Crippen LogP contribution in [0.25, 0.3) is 0 Å². The maximum Gasteiger partial charge on any atom is 0.340 e. The molecule has 3 nitrogen and oxygen atoms in total. The monoisotopic (exact) mass is 351 g/mol. The van der Waals surface area contributed by atoms with Crippen molar-refractivity contribution in [2.75, 3.05) is 6.61 Å². The first-order chi connectivity index (χ1) is 8.01. The lowest BCUT2D eigenvalue weighted by Crippen LogP contribution is -2.10. The molecule has 0 bridgehead atoms. The van der Waals surface area contributed by atoms with E-state index in [0.29, 0.717) is 0 Å². The van der Waals surface area contributed by atoms with Gasteiger partial charge in [-0.25, -0.2) is 13.6 Å². The predicted octanol–water partition coefficient (Wildman–Crippen LogP) is 3.28. The average Bonchev–Trinajstić information content (AvgIpc) is 2.27. The zero-order valence-corrected chi connectivity index (χ0v) is 11.0. The van der Waals surface area contributed by atoms with Gasteiger partial charge in [0.15, 0.2) is 0 Å². The van der Waals surface area contributed by atoms with Gasteiger partial charge in [-0.15, -0.1) is 0 Å². The molecule has 0 fully saturated rings. The fourth-order valence-corrected chi connectivity index (χ4v) is 2.12. The second-order valence-electron chi connectivity index (χ2n) is 3.06. The van der Waals surface area contributed by atoms with Gasteiger partial charge in [0.1, 0.15) is 6.07 Å². The van der Waals surface area contributed by atoms with Crippen LogP contribution in [0.2, 0.25) is 0 Å². The Morgan fingerprint density at radius 3 is 2.71 bits per heavy atom. The van der Waals surface area contributed by atoms with Gasteiger partial charge in [-0.2, -0.15) is 5.26 Å². The molecule has 0 saturated carbocycles. The van der Waals surface area contributed by atoms with E-state index in [-0.39, 0.29) is 26.9 Å². The zero-order chi connectivity index (χ0) is 13.0. The summed E-state index contributed by atoms with van der Waals surface area (Å²) in [7, 11) is 0. The summed E-state index contributed by atoms with van der Waals surface area (Å²) >= 11 is 1.74. The van der Waals surface area contributed by atoms with E-state index in [1.807, 2.05) is 0 Å². The summed E-state index contributed by atoms with van der Waals surface area (Å²) in [6, 6.07) is 3.92. The molecular weight excluding hydrogens is 343 g/mol. The van der Waals surface area contributed by atoms with Crippen LogP contribution in [-0.2, 0) is 4.74 Å². The van der Waals surface area contributed by atoms with Crippen molar-refractivity contribution in [1.82, 2.24) is 0 Å². The van der Waals surface area contributed by atoms with Crippen molar-refractivity contribution in [2.45, 2.75) is 13.3 Å². The molecule has 0 atom stereocenters. The molecule has 1 aromatic carbocycles. The zero-order valence-electron chi connectivity index (χ0n) is 8.84. The molecule has 6 heteroatoms. The molecule has 1 aromatic rings. The minimum Gasteiger partial charge on any atom is -0.462 e. The fourth-order valence-electron chi connectivity index (χ4n) is 1.25. The van der Waals surface area contributed by atoms with Gasteiger partial charge in [-0.1, -0.05) is 0 Å². The van der Waals surface area contributed by atoms with Crippen molar-refractivity contribution in [3.8, 4) is 6.07 Å². The number of alkyl halides is 2. The van der Waals surface area contributed by atoms with Gasteiger partial charge in [-0.05, 0) is 41.6 Å². The van der Waals surface area contributed by atoms with Crippen molar-refractivity contribution in [2.24, 2.45) is 0 Å². The van der Waals surface area contributed by atoms with Crippen LogP contribution in [0.3, 0.4) is 0 Å². The molecule has 0 unspecified atom stereocenters. The third-order valence-electron chi connectivity index (χ3n) is 1.96. The summed E-state index contributed by atoms with van der Waals surface area (Å²) < 4.78 is 30.1. The summed E-state index contributed by atoms with van der Waals surface area (Å²) in [5, 5.41) is 8.86. The first-order valence-corrected chi connectivity index (χ1v) is 5.78. The summed E-state index contributed by atoms with van der Waals surface area (Å²) in [4.78, 5) is 11.6.